The van der Waals surface area contributed by atoms with Crippen LogP contribution in [0.4, 0.5) is 4.79 Å². The number of carbonyl (C=O) groups is 1. The van der Waals surface area contributed by atoms with Gasteiger partial charge in [0.1, 0.15) is 0 Å². The van der Waals surface area contributed by atoms with Gasteiger partial charge in [-0.1, -0.05) is 48.5 Å². The summed E-state index contributed by atoms with van der Waals surface area (Å²) in [5.74, 6) is 0. The molecule has 0 bridgehead atoms. The number of piperidine rings is 1. The minimum Gasteiger partial charge on any atom is -0.347 e. The van der Waals surface area contributed by atoms with E-state index < -0.39 is 0 Å². The minimum atomic E-state index is -0.0381. The number of amides is 2. The Hall–Kier alpha value is -2.79. The first-order valence-corrected chi connectivity index (χ1v) is 10.6. The van der Waals surface area contributed by atoms with Crippen molar-refractivity contribution in [3.05, 3.63) is 72.4 Å². The van der Waals surface area contributed by atoms with Crippen molar-refractivity contribution >= 4 is 16.9 Å². The predicted octanol–water partition coefficient (Wildman–Crippen LogP) is 4.00. The average Bonchev–Trinajstić information content (AvgIpc) is 3.17. The zero-order valence-corrected chi connectivity index (χ0v) is 16.9. The standard InChI is InChI=1S/C24H30N4O/c29-24(25-14-6-15-28-18-11-21-9-4-5-10-23(21)28)26-22-12-16-27(17-13-22)19-20-7-2-1-3-8-20/h1-5,7-11,18,22H,6,12-17,19H2,(H2,25,26,29). The molecule has 1 fully saturated rings. The molecule has 5 heteroatoms. The Morgan fingerprint density at radius 3 is 2.55 bits per heavy atom. The summed E-state index contributed by atoms with van der Waals surface area (Å²) in [6.45, 7) is 4.64. The lowest BCUT2D eigenvalue weighted by Gasteiger charge is -2.32. The first-order chi connectivity index (χ1) is 14.3. The Morgan fingerprint density at radius 1 is 0.966 bits per heavy atom. The van der Waals surface area contributed by atoms with Gasteiger partial charge >= 0.3 is 6.03 Å². The van der Waals surface area contributed by atoms with Crippen LogP contribution in [0.1, 0.15) is 24.8 Å². The Bertz CT molecular complexity index is 913. The third kappa shape index (κ3) is 5.39. The lowest BCUT2D eigenvalue weighted by Crippen LogP contribution is -2.47. The van der Waals surface area contributed by atoms with E-state index in [-0.39, 0.29) is 12.1 Å². The number of para-hydroxylation sites is 1. The van der Waals surface area contributed by atoms with Gasteiger partial charge in [0, 0.05) is 50.5 Å². The van der Waals surface area contributed by atoms with Gasteiger partial charge in [-0.15, -0.1) is 0 Å². The van der Waals surface area contributed by atoms with Gasteiger partial charge in [0.25, 0.3) is 0 Å². The number of nitrogens with zero attached hydrogens (tertiary/aromatic N) is 2. The summed E-state index contributed by atoms with van der Waals surface area (Å²) in [6.07, 6.45) is 5.06. The van der Waals surface area contributed by atoms with Crippen molar-refractivity contribution in [1.29, 1.82) is 0 Å². The molecule has 0 atom stereocenters. The van der Waals surface area contributed by atoms with E-state index in [1.165, 1.54) is 16.5 Å². The van der Waals surface area contributed by atoms with Crippen LogP contribution in [0.5, 0.6) is 0 Å². The van der Waals surface area contributed by atoms with Crippen LogP contribution in [0.3, 0.4) is 0 Å². The van der Waals surface area contributed by atoms with Crippen LogP contribution in [-0.2, 0) is 13.1 Å². The van der Waals surface area contributed by atoms with Crippen molar-refractivity contribution in [3.63, 3.8) is 0 Å². The van der Waals surface area contributed by atoms with Gasteiger partial charge in [0.2, 0.25) is 0 Å². The summed E-state index contributed by atoms with van der Waals surface area (Å²) < 4.78 is 2.25. The van der Waals surface area contributed by atoms with Crippen molar-refractivity contribution in [2.75, 3.05) is 19.6 Å². The maximum Gasteiger partial charge on any atom is 0.315 e. The zero-order valence-electron chi connectivity index (χ0n) is 16.9. The minimum absolute atomic E-state index is 0.0381. The van der Waals surface area contributed by atoms with Crippen LogP contribution in [0.25, 0.3) is 10.9 Å². The van der Waals surface area contributed by atoms with Crippen molar-refractivity contribution in [1.82, 2.24) is 20.1 Å². The largest absolute Gasteiger partial charge is 0.347 e. The van der Waals surface area contributed by atoms with E-state index in [9.17, 15) is 4.79 Å². The molecule has 3 aromatic rings. The Morgan fingerprint density at radius 2 is 1.72 bits per heavy atom. The highest BCUT2D eigenvalue weighted by Crippen LogP contribution is 2.15. The summed E-state index contributed by atoms with van der Waals surface area (Å²) in [5, 5.41) is 7.42. The molecule has 1 saturated heterocycles. The SMILES string of the molecule is O=C(NCCCn1ccc2ccccc21)NC1CCN(Cc2ccccc2)CC1. The monoisotopic (exact) mass is 390 g/mol. The number of hydrogen-bond donors (Lipinski definition) is 2. The number of aryl methyl sites for hydroxylation is 1. The molecule has 0 aliphatic carbocycles. The molecule has 0 saturated carbocycles. The summed E-state index contributed by atoms with van der Waals surface area (Å²) in [5.41, 5.74) is 2.60. The Labute approximate surface area is 172 Å². The van der Waals surface area contributed by atoms with Crippen LogP contribution in [0.2, 0.25) is 0 Å². The maximum absolute atomic E-state index is 12.2. The van der Waals surface area contributed by atoms with E-state index in [1.54, 1.807) is 0 Å². The molecule has 5 nitrogen and oxygen atoms in total. The molecule has 2 aromatic carbocycles. The topological polar surface area (TPSA) is 49.3 Å². The molecule has 0 spiro atoms. The van der Waals surface area contributed by atoms with Gasteiger partial charge in [-0.05, 0) is 42.3 Å². The van der Waals surface area contributed by atoms with Gasteiger partial charge in [-0.2, -0.15) is 0 Å². The third-order valence-electron chi connectivity index (χ3n) is 5.71. The van der Waals surface area contributed by atoms with Crippen LogP contribution >= 0.6 is 0 Å². The van der Waals surface area contributed by atoms with Gasteiger partial charge < -0.3 is 15.2 Å². The van der Waals surface area contributed by atoms with E-state index in [2.05, 4.69) is 87.0 Å². The molecule has 2 amide bonds. The maximum atomic E-state index is 12.2. The number of nitrogens with one attached hydrogen (secondary N) is 2. The van der Waals surface area contributed by atoms with Gasteiger partial charge in [-0.25, -0.2) is 4.79 Å². The Kier molecular flexibility index (Phi) is 6.47. The predicted molar refractivity (Wildman–Crippen MR) is 118 cm³/mol. The van der Waals surface area contributed by atoms with Crippen molar-refractivity contribution in [2.45, 2.75) is 38.4 Å². The number of benzene rings is 2. The van der Waals surface area contributed by atoms with E-state index >= 15 is 0 Å². The highest BCUT2D eigenvalue weighted by Gasteiger charge is 2.20. The highest BCUT2D eigenvalue weighted by atomic mass is 16.2. The summed E-state index contributed by atoms with van der Waals surface area (Å²) >= 11 is 0. The normalized spacial score (nSPS) is 15.4. The van der Waals surface area contributed by atoms with Crippen molar-refractivity contribution < 1.29 is 4.79 Å². The second kappa shape index (κ2) is 9.61. The molecule has 1 aliphatic heterocycles. The molecule has 152 valence electrons. The van der Waals surface area contributed by atoms with Crippen molar-refractivity contribution in [3.8, 4) is 0 Å². The average molecular weight is 391 g/mol. The van der Waals surface area contributed by atoms with E-state index in [4.69, 9.17) is 0 Å². The van der Waals surface area contributed by atoms with E-state index in [0.29, 0.717) is 6.54 Å². The van der Waals surface area contributed by atoms with Crippen LogP contribution < -0.4 is 10.6 Å². The fourth-order valence-electron chi connectivity index (χ4n) is 4.10. The number of rotatable bonds is 7. The smallest absolute Gasteiger partial charge is 0.315 e. The fraction of sp³-hybridized carbons (Fsp3) is 0.375. The van der Waals surface area contributed by atoms with Crippen molar-refractivity contribution in [2.24, 2.45) is 0 Å². The highest BCUT2D eigenvalue weighted by molar-refractivity contribution is 5.79. The Balaban J connectivity index is 1.13. The summed E-state index contributed by atoms with van der Waals surface area (Å²) in [4.78, 5) is 14.7. The zero-order chi connectivity index (χ0) is 19.9. The molecule has 0 radical (unpaired) electrons. The lowest BCUT2D eigenvalue weighted by atomic mass is 10.0. The number of carbonyl (C=O) groups excluding carboxylic acids is 1. The number of likely N-dealkylation sites (tertiary alicyclic amines) is 1. The summed E-state index contributed by atoms with van der Waals surface area (Å²) in [7, 11) is 0. The molecule has 2 N–H and O–H groups in total. The van der Waals surface area contributed by atoms with Crippen LogP contribution in [-0.4, -0.2) is 41.2 Å². The molecule has 29 heavy (non-hydrogen) atoms. The number of aromatic nitrogens is 1. The molecule has 2 heterocycles. The van der Waals surface area contributed by atoms with Gasteiger partial charge in [0.15, 0.2) is 0 Å². The number of fused-ring (bicyclic) bond motifs is 1. The molecule has 1 aliphatic rings. The second-order valence-corrected chi connectivity index (χ2v) is 7.86. The number of urea groups is 1. The quantitative estimate of drug-likeness (QED) is 0.599. The van der Waals surface area contributed by atoms with E-state index in [0.717, 1.165) is 45.4 Å². The molecular weight excluding hydrogens is 360 g/mol. The molecule has 4 rings (SSSR count). The molecule has 0 unspecified atom stereocenters. The number of hydrogen-bond acceptors (Lipinski definition) is 2. The lowest BCUT2D eigenvalue weighted by molar-refractivity contribution is 0.186. The van der Waals surface area contributed by atoms with Gasteiger partial charge in [-0.3, -0.25) is 4.90 Å². The second-order valence-electron chi connectivity index (χ2n) is 7.86. The van der Waals surface area contributed by atoms with Gasteiger partial charge in [0.05, 0.1) is 0 Å². The van der Waals surface area contributed by atoms with Crippen LogP contribution in [0.15, 0.2) is 66.9 Å². The molecule has 1 aromatic heterocycles. The molecular formula is C24H30N4O. The summed E-state index contributed by atoms with van der Waals surface area (Å²) in [6, 6.07) is 21.4. The fourth-order valence-corrected chi connectivity index (χ4v) is 4.10. The third-order valence-corrected chi connectivity index (χ3v) is 5.71. The first kappa shape index (κ1) is 19.5. The first-order valence-electron chi connectivity index (χ1n) is 10.6. The van der Waals surface area contributed by atoms with Crippen LogP contribution in [0, 0.1) is 0 Å². The van der Waals surface area contributed by atoms with E-state index in [1.807, 2.05) is 0 Å².